The number of aromatic nitrogens is 8. The molecule has 2 N–H and O–H groups in total. The lowest BCUT2D eigenvalue weighted by Crippen LogP contribution is -2.24. The second-order valence-electron chi connectivity index (χ2n) is 17.0. The first-order valence-electron chi connectivity index (χ1n) is 21.0. The predicted molar refractivity (Wildman–Crippen MR) is 237 cm³/mol. The van der Waals surface area contributed by atoms with E-state index in [0.29, 0.717) is 56.0 Å². The zero-order valence-corrected chi connectivity index (χ0v) is 36.5. The minimum Gasteiger partial charge on any atom is -0.385 e. The Morgan fingerprint density at radius 2 is 0.950 bits per heavy atom. The first kappa shape index (κ1) is 43.1. The van der Waals surface area contributed by atoms with E-state index in [1.807, 2.05) is 0 Å². The normalized spacial score (nSPS) is 21.3. The zero-order valence-electron chi connectivity index (χ0n) is 35.0. The molecular formula is C46H52Cl2N10O2. The first-order chi connectivity index (χ1) is 28.8. The minimum absolute atomic E-state index is 0.151. The molecule has 0 bridgehead atoms. The van der Waals surface area contributed by atoms with Gasteiger partial charge in [-0.15, -0.1) is 9.97 Å². The number of fused-ring (bicyclic) bond motifs is 2. The van der Waals surface area contributed by atoms with Crippen molar-refractivity contribution in [1.82, 2.24) is 39.0 Å². The van der Waals surface area contributed by atoms with Crippen LogP contribution in [0, 0.1) is 36.8 Å². The Morgan fingerprint density at radius 1 is 0.583 bits per heavy atom. The van der Waals surface area contributed by atoms with E-state index >= 15 is 0 Å². The van der Waals surface area contributed by atoms with E-state index in [1.54, 1.807) is 62.9 Å². The third-order valence-electron chi connectivity index (χ3n) is 12.6. The number of rotatable bonds is 8. The van der Waals surface area contributed by atoms with Gasteiger partial charge in [-0.3, -0.25) is 9.97 Å². The van der Waals surface area contributed by atoms with Crippen molar-refractivity contribution in [2.24, 2.45) is 23.7 Å². The maximum Gasteiger partial charge on any atom is 0.272 e. The van der Waals surface area contributed by atoms with Crippen LogP contribution in [0.25, 0.3) is 54.3 Å². The molecule has 0 aliphatic heterocycles. The van der Waals surface area contributed by atoms with Crippen molar-refractivity contribution in [2.75, 3.05) is 0 Å². The maximum atomic E-state index is 10.5. The SMILES string of the molecule is [C-]#[N+]c1cc2nc([C@@H](C)O)n(C(C)C3CCC(C)CC3)c2c(-c2cncc(Cl)c2)n1.[C-]#[N+]c1cc2nc([C@H](C)O)n(C(C)C3CCC(C)CC3)c2c(-c2cncc(Cl)c2)n1. The summed E-state index contributed by atoms with van der Waals surface area (Å²) in [5.41, 5.74) is 5.71. The van der Waals surface area contributed by atoms with Crippen molar-refractivity contribution in [3.05, 3.63) is 93.6 Å². The maximum absolute atomic E-state index is 10.5. The molecule has 312 valence electrons. The van der Waals surface area contributed by atoms with Gasteiger partial charge < -0.3 is 29.0 Å². The fourth-order valence-corrected chi connectivity index (χ4v) is 9.57. The Bertz CT molecular complexity index is 2390. The molecule has 8 rings (SSSR count). The second kappa shape index (κ2) is 18.3. The highest BCUT2D eigenvalue weighted by Crippen LogP contribution is 2.43. The molecule has 2 unspecified atom stereocenters. The van der Waals surface area contributed by atoms with Gasteiger partial charge in [-0.05, 0) is 101 Å². The van der Waals surface area contributed by atoms with Gasteiger partial charge in [-0.25, -0.2) is 9.97 Å². The lowest BCUT2D eigenvalue weighted by atomic mass is 9.79. The Hall–Kier alpha value is -4.98. The van der Waals surface area contributed by atoms with Crippen LogP contribution >= 0.6 is 23.2 Å². The molecule has 0 aromatic carbocycles. The molecule has 60 heavy (non-hydrogen) atoms. The van der Waals surface area contributed by atoms with Gasteiger partial charge in [0.25, 0.3) is 11.6 Å². The largest absolute Gasteiger partial charge is 0.385 e. The van der Waals surface area contributed by atoms with Crippen molar-refractivity contribution < 1.29 is 10.2 Å². The average molecular weight is 848 g/mol. The number of hydrogen-bond donors (Lipinski definition) is 2. The monoisotopic (exact) mass is 846 g/mol. The summed E-state index contributed by atoms with van der Waals surface area (Å²) in [5, 5.41) is 22.1. The van der Waals surface area contributed by atoms with Gasteiger partial charge in [0.15, 0.2) is 11.4 Å². The molecule has 2 aliphatic rings. The highest BCUT2D eigenvalue weighted by Gasteiger charge is 2.33. The highest BCUT2D eigenvalue weighted by atomic mass is 35.5. The standard InChI is InChI=1S/2C23H26ClN5O/c2*1-13-5-7-16(8-6-13)14(2)29-22-19(27-23(29)15(3)30)10-20(25-4)28-21(22)17-9-18(24)12-26-11-17/h2*9-16,30H,5-8H2,1-3H3/t2*13?,14?,15-,16?/m10/s1. The predicted octanol–water partition coefficient (Wildman–Crippen LogP) is 12.3. The molecule has 12 nitrogen and oxygen atoms in total. The first-order valence-corrected chi connectivity index (χ1v) is 21.7. The smallest absolute Gasteiger partial charge is 0.272 e. The van der Waals surface area contributed by atoms with Crippen LogP contribution in [0.3, 0.4) is 0 Å². The molecular weight excluding hydrogens is 795 g/mol. The van der Waals surface area contributed by atoms with Crippen molar-refractivity contribution in [3.8, 4) is 22.5 Å². The number of imidazole rings is 2. The number of aliphatic hydroxyl groups is 2. The summed E-state index contributed by atoms with van der Waals surface area (Å²) in [4.78, 5) is 34.2. The van der Waals surface area contributed by atoms with Crippen LogP contribution < -0.4 is 0 Å². The molecule has 0 spiro atoms. The van der Waals surface area contributed by atoms with Crippen molar-refractivity contribution >= 4 is 56.9 Å². The zero-order chi connectivity index (χ0) is 42.8. The molecule has 0 amide bonds. The number of hydrogen-bond acceptors (Lipinski definition) is 8. The topological polar surface area (TPSA) is 136 Å². The fraction of sp³-hybridized carbons (Fsp3) is 0.478. The van der Waals surface area contributed by atoms with E-state index in [9.17, 15) is 10.2 Å². The van der Waals surface area contributed by atoms with Crippen LogP contribution in [-0.4, -0.2) is 49.3 Å². The molecule has 2 fully saturated rings. The Kier molecular flexibility index (Phi) is 13.2. The van der Waals surface area contributed by atoms with Crippen LogP contribution in [0.15, 0.2) is 49.1 Å². The van der Waals surface area contributed by atoms with E-state index in [1.165, 1.54) is 25.7 Å². The molecule has 0 saturated heterocycles. The average Bonchev–Trinajstić information content (AvgIpc) is 3.83. The summed E-state index contributed by atoms with van der Waals surface area (Å²) in [7, 11) is 0. The molecule has 2 saturated carbocycles. The molecule has 6 aromatic heterocycles. The van der Waals surface area contributed by atoms with Crippen LogP contribution in [0.5, 0.6) is 0 Å². The lowest BCUT2D eigenvalue weighted by molar-refractivity contribution is 0.169. The summed E-state index contributed by atoms with van der Waals surface area (Å²) < 4.78 is 4.27. The van der Waals surface area contributed by atoms with Crippen LogP contribution in [0.2, 0.25) is 10.0 Å². The number of pyridine rings is 4. The minimum atomic E-state index is -0.732. The van der Waals surface area contributed by atoms with E-state index < -0.39 is 12.2 Å². The summed E-state index contributed by atoms with van der Waals surface area (Å²) in [6.07, 6.45) is 14.6. The third kappa shape index (κ3) is 8.89. The molecule has 0 radical (unpaired) electrons. The number of nitrogens with zero attached hydrogens (tertiary/aromatic N) is 10. The summed E-state index contributed by atoms with van der Waals surface area (Å²) in [6, 6.07) is 7.30. The van der Waals surface area contributed by atoms with E-state index in [2.05, 4.69) is 66.5 Å². The van der Waals surface area contributed by atoms with Crippen molar-refractivity contribution in [1.29, 1.82) is 0 Å². The highest BCUT2D eigenvalue weighted by molar-refractivity contribution is 6.31. The lowest BCUT2D eigenvalue weighted by Gasteiger charge is -2.33. The molecule has 14 heteroatoms. The summed E-state index contributed by atoms with van der Waals surface area (Å²) in [6.45, 7) is 27.4. The van der Waals surface area contributed by atoms with Crippen LogP contribution in [0.1, 0.15) is 129 Å². The number of aliphatic hydroxyl groups excluding tert-OH is 2. The van der Waals surface area contributed by atoms with Gasteiger partial charge in [-0.2, -0.15) is 0 Å². The molecule has 2 aliphatic carbocycles. The van der Waals surface area contributed by atoms with Gasteiger partial charge in [0.1, 0.15) is 34.9 Å². The van der Waals surface area contributed by atoms with Gasteiger partial charge >= 0.3 is 0 Å². The van der Waals surface area contributed by atoms with E-state index in [-0.39, 0.29) is 23.7 Å². The van der Waals surface area contributed by atoms with Crippen LogP contribution in [0.4, 0.5) is 11.6 Å². The fourth-order valence-electron chi connectivity index (χ4n) is 9.22. The van der Waals surface area contributed by atoms with Gasteiger partial charge in [0, 0.05) is 48.0 Å². The van der Waals surface area contributed by atoms with E-state index in [4.69, 9.17) is 46.3 Å². The molecule has 4 atom stereocenters. The quantitative estimate of drug-likeness (QED) is 0.145. The summed E-state index contributed by atoms with van der Waals surface area (Å²) in [5.74, 6) is 4.27. The van der Waals surface area contributed by atoms with Gasteiger partial charge in [-0.1, -0.05) is 75.9 Å². The second-order valence-corrected chi connectivity index (χ2v) is 17.8. The Labute approximate surface area is 361 Å². The van der Waals surface area contributed by atoms with Gasteiger partial charge in [0.2, 0.25) is 0 Å². The molecule has 6 heterocycles. The van der Waals surface area contributed by atoms with Crippen LogP contribution in [-0.2, 0) is 0 Å². The van der Waals surface area contributed by atoms with Crippen molar-refractivity contribution in [2.45, 2.75) is 117 Å². The molecule has 6 aromatic rings. The number of halogens is 2. The van der Waals surface area contributed by atoms with Crippen molar-refractivity contribution in [3.63, 3.8) is 0 Å². The van der Waals surface area contributed by atoms with Gasteiger partial charge in [0.05, 0.1) is 21.1 Å². The summed E-state index contributed by atoms with van der Waals surface area (Å²) >= 11 is 12.4. The Morgan fingerprint density at radius 3 is 1.27 bits per heavy atom. The van der Waals surface area contributed by atoms with E-state index in [0.717, 1.165) is 59.7 Å². The third-order valence-corrected chi connectivity index (χ3v) is 13.0. The Balaban J connectivity index is 0.000000181.